The molecule has 3 rings (SSSR count). The van der Waals surface area contributed by atoms with Crippen LogP contribution in [0.15, 0.2) is 42.6 Å². The molecule has 0 atom stereocenters. The molecule has 0 bridgehead atoms. The summed E-state index contributed by atoms with van der Waals surface area (Å²) in [5, 5.41) is 9.10. The summed E-state index contributed by atoms with van der Waals surface area (Å²) in [5.74, 6) is 1.66. The fourth-order valence-electron chi connectivity index (χ4n) is 1.95. The van der Waals surface area contributed by atoms with Crippen molar-refractivity contribution in [2.45, 2.75) is 6.42 Å². The molecule has 5 heteroatoms. The fourth-order valence-corrected chi connectivity index (χ4v) is 2.08. The van der Waals surface area contributed by atoms with Gasteiger partial charge in [0.25, 0.3) is 0 Å². The number of aromatic nitrogens is 3. The molecule has 0 saturated carbocycles. The van der Waals surface area contributed by atoms with Crippen molar-refractivity contribution in [2.24, 2.45) is 0 Å². The molecule has 0 amide bonds. The maximum atomic E-state index is 5.87. The maximum absolute atomic E-state index is 5.87. The Morgan fingerprint density at radius 3 is 2.68 bits per heavy atom. The van der Waals surface area contributed by atoms with Crippen molar-refractivity contribution in [1.29, 1.82) is 0 Å². The molecule has 0 aliphatic rings. The number of fused-ring (bicyclic) bond motifs is 1. The van der Waals surface area contributed by atoms with Crippen molar-refractivity contribution in [3.05, 3.63) is 59.0 Å². The molecule has 2 aromatic heterocycles. The first-order valence-corrected chi connectivity index (χ1v) is 6.26. The lowest BCUT2D eigenvalue weighted by atomic mass is 10.1. The molecule has 0 radical (unpaired) electrons. The molecule has 0 aliphatic carbocycles. The third-order valence-electron chi connectivity index (χ3n) is 2.96. The summed E-state index contributed by atoms with van der Waals surface area (Å²) in [6, 6.07) is 11.5. The van der Waals surface area contributed by atoms with Crippen molar-refractivity contribution in [1.82, 2.24) is 14.6 Å². The molecule has 0 saturated heterocycles. The lowest BCUT2D eigenvalue weighted by Gasteiger charge is -2.02. The lowest BCUT2D eigenvalue weighted by Crippen LogP contribution is -1.96. The SMILES string of the molecule is COc1ccn2c(Cc3ccc(Cl)cc3)nnc2c1. The van der Waals surface area contributed by atoms with Gasteiger partial charge in [0.2, 0.25) is 0 Å². The Bertz CT molecular complexity index is 706. The fraction of sp³-hybridized carbons (Fsp3) is 0.143. The van der Waals surface area contributed by atoms with E-state index in [0.29, 0.717) is 6.42 Å². The monoisotopic (exact) mass is 273 g/mol. The van der Waals surface area contributed by atoms with Crippen LogP contribution in [-0.2, 0) is 6.42 Å². The van der Waals surface area contributed by atoms with Crippen molar-refractivity contribution < 1.29 is 4.74 Å². The van der Waals surface area contributed by atoms with Gasteiger partial charge in [0.05, 0.1) is 7.11 Å². The van der Waals surface area contributed by atoms with Crippen LogP contribution in [0.1, 0.15) is 11.4 Å². The van der Waals surface area contributed by atoms with Gasteiger partial charge in [-0.15, -0.1) is 10.2 Å². The van der Waals surface area contributed by atoms with E-state index in [9.17, 15) is 0 Å². The van der Waals surface area contributed by atoms with E-state index in [1.165, 1.54) is 0 Å². The third-order valence-corrected chi connectivity index (χ3v) is 3.22. The van der Waals surface area contributed by atoms with Gasteiger partial charge in [0.15, 0.2) is 5.65 Å². The minimum atomic E-state index is 0.713. The quantitative estimate of drug-likeness (QED) is 0.736. The van der Waals surface area contributed by atoms with Gasteiger partial charge in [-0.3, -0.25) is 4.40 Å². The molecule has 1 aromatic carbocycles. The zero-order valence-corrected chi connectivity index (χ0v) is 11.1. The topological polar surface area (TPSA) is 39.4 Å². The highest BCUT2D eigenvalue weighted by Crippen LogP contribution is 2.16. The number of nitrogens with zero attached hydrogens (tertiary/aromatic N) is 3. The van der Waals surface area contributed by atoms with Gasteiger partial charge in [-0.25, -0.2) is 0 Å². The van der Waals surface area contributed by atoms with Crippen LogP contribution < -0.4 is 4.74 Å². The molecule has 2 heterocycles. The summed E-state index contributed by atoms with van der Waals surface area (Å²) >= 11 is 5.87. The Hall–Kier alpha value is -2.07. The number of halogens is 1. The molecule has 96 valence electrons. The second kappa shape index (κ2) is 4.90. The first kappa shape index (κ1) is 12.0. The van der Waals surface area contributed by atoms with E-state index in [4.69, 9.17) is 16.3 Å². The third kappa shape index (κ3) is 2.39. The molecule has 0 fully saturated rings. The van der Waals surface area contributed by atoms with Gasteiger partial charge in [0, 0.05) is 23.7 Å². The summed E-state index contributed by atoms with van der Waals surface area (Å²) in [6.07, 6.45) is 2.63. The van der Waals surface area contributed by atoms with E-state index < -0.39 is 0 Å². The minimum absolute atomic E-state index is 0.713. The number of hydrogen-bond donors (Lipinski definition) is 0. The van der Waals surface area contributed by atoms with E-state index in [1.54, 1.807) is 7.11 Å². The number of rotatable bonds is 3. The highest BCUT2D eigenvalue weighted by Gasteiger charge is 2.07. The minimum Gasteiger partial charge on any atom is -0.497 e. The highest BCUT2D eigenvalue weighted by molar-refractivity contribution is 6.30. The number of hydrogen-bond acceptors (Lipinski definition) is 3. The summed E-state index contributed by atoms with van der Waals surface area (Å²) in [7, 11) is 1.64. The molecule has 19 heavy (non-hydrogen) atoms. The van der Waals surface area contributed by atoms with Gasteiger partial charge in [-0.2, -0.15) is 0 Å². The number of ether oxygens (including phenoxy) is 1. The molecular weight excluding hydrogens is 262 g/mol. The van der Waals surface area contributed by atoms with Crippen molar-refractivity contribution >= 4 is 17.2 Å². The number of benzene rings is 1. The molecular formula is C14H12ClN3O. The van der Waals surface area contributed by atoms with Crippen LogP contribution in [0.3, 0.4) is 0 Å². The molecule has 0 N–H and O–H groups in total. The predicted molar refractivity (Wildman–Crippen MR) is 73.8 cm³/mol. The van der Waals surface area contributed by atoms with Crippen LogP contribution in [0.25, 0.3) is 5.65 Å². The molecule has 3 aromatic rings. The number of methoxy groups -OCH3 is 1. The average Bonchev–Trinajstić information content (AvgIpc) is 2.83. The van der Waals surface area contributed by atoms with Crippen molar-refractivity contribution in [3.8, 4) is 5.75 Å². The van der Waals surface area contributed by atoms with Crippen LogP contribution in [-0.4, -0.2) is 21.7 Å². The van der Waals surface area contributed by atoms with E-state index in [-0.39, 0.29) is 0 Å². The smallest absolute Gasteiger partial charge is 0.164 e. The molecule has 4 nitrogen and oxygen atoms in total. The van der Waals surface area contributed by atoms with Gasteiger partial charge < -0.3 is 4.74 Å². The Labute approximate surface area is 115 Å². The van der Waals surface area contributed by atoms with Crippen molar-refractivity contribution in [2.75, 3.05) is 7.11 Å². The van der Waals surface area contributed by atoms with E-state index in [2.05, 4.69) is 10.2 Å². The summed E-state index contributed by atoms with van der Waals surface area (Å²) in [6.45, 7) is 0. The zero-order valence-electron chi connectivity index (χ0n) is 10.4. The predicted octanol–water partition coefficient (Wildman–Crippen LogP) is 2.98. The van der Waals surface area contributed by atoms with E-state index in [1.807, 2.05) is 47.0 Å². The Morgan fingerprint density at radius 2 is 1.95 bits per heavy atom. The second-order valence-electron chi connectivity index (χ2n) is 4.21. The summed E-state index contributed by atoms with van der Waals surface area (Å²) in [5.41, 5.74) is 1.93. The zero-order chi connectivity index (χ0) is 13.2. The largest absolute Gasteiger partial charge is 0.497 e. The van der Waals surface area contributed by atoms with Crippen molar-refractivity contribution in [3.63, 3.8) is 0 Å². The molecule has 0 aliphatic heterocycles. The van der Waals surface area contributed by atoms with Crippen LogP contribution in [0.5, 0.6) is 5.75 Å². The lowest BCUT2D eigenvalue weighted by molar-refractivity contribution is 0.414. The Morgan fingerprint density at radius 1 is 1.16 bits per heavy atom. The van der Waals surface area contributed by atoms with Gasteiger partial charge in [0.1, 0.15) is 11.6 Å². The summed E-state index contributed by atoms with van der Waals surface area (Å²) in [4.78, 5) is 0. The normalized spacial score (nSPS) is 10.8. The van der Waals surface area contributed by atoms with Crippen LogP contribution in [0.4, 0.5) is 0 Å². The first-order chi connectivity index (χ1) is 9.26. The Balaban J connectivity index is 1.95. The van der Waals surface area contributed by atoms with Crippen LogP contribution in [0, 0.1) is 0 Å². The number of pyridine rings is 1. The summed E-state index contributed by atoms with van der Waals surface area (Å²) < 4.78 is 7.12. The van der Waals surface area contributed by atoms with Gasteiger partial charge >= 0.3 is 0 Å². The maximum Gasteiger partial charge on any atom is 0.164 e. The van der Waals surface area contributed by atoms with Gasteiger partial charge in [-0.1, -0.05) is 23.7 Å². The standard InChI is InChI=1S/C14H12ClN3O/c1-19-12-6-7-18-13(16-17-14(18)9-12)8-10-2-4-11(15)5-3-10/h2-7,9H,8H2,1H3. The Kier molecular flexibility index (Phi) is 3.09. The van der Waals surface area contributed by atoms with Crippen LogP contribution in [0.2, 0.25) is 5.02 Å². The molecule has 0 spiro atoms. The molecule has 0 unspecified atom stereocenters. The second-order valence-corrected chi connectivity index (χ2v) is 4.65. The highest BCUT2D eigenvalue weighted by atomic mass is 35.5. The van der Waals surface area contributed by atoms with E-state index in [0.717, 1.165) is 27.8 Å². The first-order valence-electron chi connectivity index (χ1n) is 5.88. The van der Waals surface area contributed by atoms with E-state index >= 15 is 0 Å². The van der Waals surface area contributed by atoms with Crippen LogP contribution >= 0.6 is 11.6 Å². The van der Waals surface area contributed by atoms with Gasteiger partial charge in [-0.05, 0) is 23.8 Å². The average molecular weight is 274 g/mol.